The van der Waals surface area contributed by atoms with Crippen molar-refractivity contribution in [1.82, 2.24) is 5.32 Å². The summed E-state index contributed by atoms with van der Waals surface area (Å²) in [6.07, 6.45) is 1.57. The van der Waals surface area contributed by atoms with Gasteiger partial charge in [0, 0.05) is 21.7 Å². The van der Waals surface area contributed by atoms with E-state index in [0.717, 1.165) is 24.9 Å². The fourth-order valence-corrected chi connectivity index (χ4v) is 2.87. The Morgan fingerprint density at radius 1 is 1.41 bits per heavy atom. The van der Waals surface area contributed by atoms with Gasteiger partial charge in [-0.1, -0.05) is 36.2 Å². The minimum atomic E-state index is -0.567. The van der Waals surface area contributed by atoms with Crippen molar-refractivity contribution in [3.05, 3.63) is 33.8 Å². The molecule has 94 valence electrons. The Morgan fingerprint density at radius 2 is 2.18 bits per heavy atom. The summed E-state index contributed by atoms with van der Waals surface area (Å²) in [5.74, 6) is 0.641. The van der Waals surface area contributed by atoms with Gasteiger partial charge in [-0.25, -0.2) is 0 Å². The van der Waals surface area contributed by atoms with Crippen molar-refractivity contribution in [2.24, 2.45) is 5.92 Å². The molecule has 3 unspecified atom stereocenters. The topological polar surface area (TPSA) is 32.3 Å². The quantitative estimate of drug-likeness (QED) is 0.866. The number of aliphatic hydroxyl groups excluding tert-OH is 1. The highest BCUT2D eigenvalue weighted by Gasteiger charge is 2.27. The van der Waals surface area contributed by atoms with Crippen LogP contribution < -0.4 is 5.32 Å². The van der Waals surface area contributed by atoms with Crippen LogP contribution in [0.5, 0.6) is 0 Å². The maximum Gasteiger partial charge on any atom is 0.0957 e. The number of rotatable bonds is 2. The highest BCUT2D eigenvalue weighted by molar-refractivity contribution is 6.35. The molecule has 0 bridgehead atoms. The number of piperidine rings is 1. The van der Waals surface area contributed by atoms with Crippen molar-refractivity contribution in [2.75, 3.05) is 6.54 Å². The van der Waals surface area contributed by atoms with Crippen LogP contribution in [0.15, 0.2) is 18.2 Å². The lowest BCUT2D eigenvalue weighted by molar-refractivity contribution is 0.101. The molecular weight excluding hydrogens is 257 g/mol. The van der Waals surface area contributed by atoms with Gasteiger partial charge in [-0.05, 0) is 37.4 Å². The summed E-state index contributed by atoms with van der Waals surface area (Å²) in [7, 11) is 0. The van der Waals surface area contributed by atoms with E-state index < -0.39 is 6.10 Å². The number of aliphatic hydroxyl groups is 1. The van der Waals surface area contributed by atoms with Crippen molar-refractivity contribution in [1.29, 1.82) is 0 Å². The Hall–Kier alpha value is -0.280. The Bertz CT molecular complexity index is 397. The van der Waals surface area contributed by atoms with E-state index in [4.69, 9.17) is 23.2 Å². The standard InChI is InChI=1S/C13H17Cl2NO/c1-8-4-5-16-12(6-8)13(17)10-3-2-9(14)7-11(10)15/h2-3,7-8,12-13,16-17H,4-6H2,1H3. The third-order valence-corrected chi connectivity index (χ3v) is 3.92. The zero-order chi connectivity index (χ0) is 12.4. The molecule has 0 amide bonds. The van der Waals surface area contributed by atoms with Gasteiger partial charge in [0.1, 0.15) is 0 Å². The van der Waals surface area contributed by atoms with E-state index >= 15 is 0 Å². The Labute approximate surface area is 112 Å². The average molecular weight is 274 g/mol. The summed E-state index contributed by atoms with van der Waals surface area (Å²) >= 11 is 12.0. The van der Waals surface area contributed by atoms with Crippen LogP contribution in [0, 0.1) is 5.92 Å². The first-order valence-corrected chi connectivity index (χ1v) is 6.70. The van der Waals surface area contributed by atoms with Gasteiger partial charge >= 0.3 is 0 Å². The largest absolute Gasteiger partial charge is 0.387 e. The zero-order valence-electron chi connectivity index (χ0n) is 9.79. The lowest BCUT2D eigenvalue weighted by atomic mass is 9.89. The molecule has 0 radical (unpaired) electrons. The van der Waals surface area contributed by atoms with Gasteiger partial charge in [-0.2, -0.15) is 0 Å². The summed E-state index contributed by atoms with van der Waals surface area (Å²) in [6.45, 7) is 3.16. The van der Waals surface area contributed by atoms with Gasteiger partial charge in [0.05, 0.1) is 6.10 Å². The van der Waals surface area contributed by atoms with E-state index in [0.29, 0.717) is 16.0 Å². The molecule has 0 aliphatic carbocycles. The van der Waals surface area contributed by atoms with Crippen molar-refractivity contribution in [2.45, 2.75) is 31.9 Å². The molecule has 1 aromatic rings. The fourth-order valence-electron chi connectivity index (χ4n) is 2.35. The van der Waals surface area contributed by atoms with Crippen molar-refractivity contribution >= 4 is 23.2 Å². The SMILES string of the molecule is CC1CCNC(C(O)c2ccc(Cl)cc2Cl)C1. The molecule has 2 N–H and O–H groups in total. The highest BCUT2D eigenvalue weighted by atomic mass is 35.5. The molecule has 1 heterocycles. The number of hydrogen-bond acceptors (Lipinski definition) is 2. The van der Waals surface area contributed by atoms with Gasteiger partial charge in [0.25, 0.3) is 0 Å². The normalized spacial score (nSPS) is 26.8. The molecule has 0 saturated carbocycles. The van der Waals surface area contributed by atoms with E-state index in [1.807, 2.05) is 0 Å². The summed E-state index contributed by atoms with van der Waals surface area (Å²) in [6, 6.07) is 5.32. The van der Waals surface area contributed by atoms with Crippen LogP contribution in [-0.2, 0) is 0 Å². The van der Waals surface area contributed by atoms with Crippen LogP contribution in [-0.4, -0.2) is 17.7 Å². The van der Waals surface area contributed by atoms with Crippen molar-refractivity contribution < 1.29 is 5.11 Å². The second-order valence-corrected chi connectivity index (χ2v) is 5.64. The lowest BCUT2D eigenvalue weighted by Gasteiger charge is -2.32. The third kappa shape index (κ3) is 3.14. The van der Waals surface area contributed by atoms with E-state index in [2.05, 4.69) is 12.2 Å². The van der Waals surface area contributed by atoms with Crippen LogP contribution in [0.25, 0.3) is 0 Å². The molecule has 1 aliphatic heterocycles. The molecule has 2 rings (SSSR count). The highest BCUT2D eigenvalue weighted by Crippen LogP contribution is 2.31. The molecule has 1 aromatic carbocycles. The monoisotopic (exact) mass is 273 g/mol. The second-order valence-electron chi connectivity index (χ2n) is 4.80. The maximum absolute atomic E-state index is 10.3. The molecule has 17 heavy (non-hydrogen) atoms. The number of hydrogen-bond donors (Lipinski definition) is 2. The van der Waals surface area contributed by atoms with Crippen LogP contribution >= 0.6 is 23.2 Å². The molecular formula is C13H17Cl2NO. The minimum Gasteiger partial charge on any atom is -0.387 e. The average Bonchev–Trinajstić information content (AvgIpc) is 2.28. The third-order valence-electron chi connectivity index (χ3n) is 3.36. The Balaban J connectivity index is 2.15. The molecule has 2 nitrogen and oxygen atoms in total. The number of nitrogens with one attached hydrogen (secondary N) is 1. The maximum atomic E-state index is 10.3. The van der Waals surface area contributed by atoms with Crippen molar-refractivity contribution in [3.8, 4) is 0 Å². The van der Waals surface area contributed by atoms with Crippen LogP contribution in [0.3, 0.4) is 0 Å². The van der Waals surface area contributed by atoms with Crippen LogP contribution in [0.2, 0.25) is 10.0 Å². The summed E-state index contributed by atoms with van der Waals surface area (Å²) < 4.78 is 0. The second kappa shape index (κ2) is 5.57. The minimum absolute atomic E-state index is 0.0809. The first kappa shape index (κ1) is 13.2. The molecule has 0 spiro atoms. The smallest absolute Gasteiger partial charge is 0.0957 e. The van der Waals surface area contributed by atoms with Gasteiger partial charge in [0.15, 0.2) is 0 Å². The Kier molecular flexibility index (Phi) is 4.31. The molecule has 4 heteroatoms. The number of halogens is 2. The molecule has 1 saturated heterocycles. The number of benzene rings is 1. The van der Waals surface area contributed by atoms with E-state index in [-0.39, 0.29) is 6.04 Å². The van der Waals surface area contributed by atoms with Crippen LogP contribution in [0.1, 0.15) is 31.4 Å². The fraction of sp³-hybridized carbons (Fsp3) is 0.538. The van der Waals surface area contributed by atoms with Gasteiger partial charge < -0.3 is 10.4 Å². The van der Waals surface area contributed by atoms with E-state index in [9.17, 15) is 5.11 Å². The predicted molar refractivity (Wildman–Crippen MR) is 71.6 cm³/mol. The molecule has 1 aliphatic rings. The van der Waals surface area contributed by atoms with Gasteiger partial charge in [0.2, 0.25) is 0 Å². The van der Waals surface area contributed by atoms with Gasteiger partial charge in [-0.15, -0.1) is 0 Å². The predicted octanol–water partition coefficient (Wildman–Crippen LogP) is 3.41. The molecule has 3 atom stereocenters. The zero-order valence-corrected chi connectivity index (χ0v) is 11.3. The Morgan fingerprint density at radius 3 is 2.82 bits per heavy atom. The van der Waals surface area contributed by atoms with Crippen molar-refractivity contribution in [3.63, 3.8) is 0 Å². The molecule has 1 fully saturated rings. The lowest BCUT2D eigenvalue weighted by Crippen LogP contribution is -2.41. The first-order valence-electron chi connectivity index (χ1n) is 5.94. The summed E-state index contributed by atoms with van der Waals surface area (Å²) in [5.41, 5.74) is 0.752. The molecule has 0 aromatic heterocycles. The first-order chi connectivity index (χ1) is 8.08. The van der Waals surface area contributed by atoms with Crippen LogP contribution in [0.4, 0.5) is 0 Å². The van der Waals surface area contributed by atoms with E-state index in [1.165, 1.54) is 0 Å². The van der Waals surface area contributed by atoms with E-state index in [1.54, 1.807) is 18.2 Å². The summed E-state index contributed by atoms with van der Waals surface area (Å²) in [5, 5.41) is 14.8. The summed E-state index contributed by atoms with van der Waals surface area (Å²) in [4.78, 5) is 0. The van der Waals surface area contributed by atoms with Gasteiger partial charge in [-0.3, -0.25) is 0 Å².